The number of anilines is 2. The van der Waals surface area contributed by atoms with E-state index < -0.39 is 75.3 Å². The first-order valence-corrected chi connectivity index (χ1v) is 19.1. The zero-order valence-electron chi connectivity index (χ0n) is 33.4. The number of carboxylic acid groups (broad SMARTS) is 1. The molecule has 1 amide bonds. The van der Waals surface area contributed by atoms with Gasteiger partial charge < -0.3 is 55.3 Å². The second-order valence-corrected chi connectivity index (χ2v) is 16.3. The van der Waals surface area contributed by atoms with Crippen LogP contribution >= 0.6 is 0 Å². The molecule has 18 heteroatoms. The Labute approximate surface area is 337 Å². The Kier molecular flexibility index (Phi) is 10.3. The van der Waals surface area contributed by atoms with Crippen molar-refractivity contribution in [3.8, 4) is 11.5 Å². The third-order valence-electron chi connectivity index (χ3n) is 12.3. The van der Waals surface area contributed by atoms with E-state index in [0.29, 0.717) is 35.6 Å². The summed E-state index contributed by atoms with van der Waals surface area (Å²) in [7, 11) is 8.80. The van der Waals surface area contributed by atoms with Crippen LogP contribution in [0.25, 0.3) is 10.9 Å². The van der Waals surface area contributed by atoms with Gasteiger partial charge in [0.2, 0.25) is 11.2 Å². The zero-order valence-corrected chi connectivity index (χ0v) is 33.4. The molecular weight excluding hydrogens is 771 g/mol. The predicted octanol–water partition coefficient (Wildman–Crippen LogP) is 1.73. The lowest BCUT2D eigenvalue weighted by atomic mass is 9.58. The number of aromatic carboxylic acids is 1. The number of phenolic OH excluding ortho intramolecular Hbond substituents is 1. The molecule has 2 aromatic carbocycles. The van der Waals surface area contributed by atoms with Gasteiger partial charge in [-0.15, -0.1) is 0 Å². The molecule has 0 unspecified atom stereocenters. The maximum Gasteiger partial charge on any atom is 0.341 e. The Hall–Kier alpha value is -5.98. The van der Waals surface area contributed by atoms with E-state index in [2.05, 4.69) is 4.90 Å². The van der Waals surface area contributed by atoms with Gasteiger partial charge in [0.05, 0.1) is 28.6 Å². The van der Waals surface area contributed by atoms with Crippen LogP contribution in [0.1, 0.15) is 45.7 Å². The monoisotopic (exact) mass is 818 g/mol. The Balaban J connectivity index is 0.000000184. The number of pyridine rings is 1. The number of benzene rings is 2. The SMILES string of the molecule is CN(C)c1ccc(O)c2c1C[C@H]1C[C@H]3[C@H](N(C)C)C(O)=C(C(N)=O)C(=O)[C@@]3(O)C(O)=C1C2=O.C[C@H]1COc2c(N3CCN(C)CC3)c(F)cc3c(=O)c(C(=O)O)cn1c23. The fraction of sp³-hybridized carbons (Fsp3) is 0.439. The molecule has 5 atom stereocenters. The average molecular weight is 819 g/mol. The number of nitrogens with zero attached hydrogens (tertiary/aromatic N) is 5. The van der Waals surface area contributed by atoms with Gasteiger partial charge in [-0.1, -0.05) is 0 Å². The number of nitrogens with two attached hydrogens (primary N) is 1. The number of carbonyl (C=O) groups excluding carboxylic acids is 3. The van der Waals surface area contributed by atoms with Crippen molar-refractivity contribution in [1.29, 1.82) is 0 Å². The minimum atomic E-state index is -2.63. The van der Waals surface area contributed by atoms with Crippen LogP contribution in [0.2, 0.25) is 0 Å². The van der Waals surface area contributed by atoms with E-state index in [1.165, 1.54) is 17.2 Å². The van der Waals surface area contributed by atoms with Gasteiger partial charge in [0, 0.05) is 63.6 Å². The number of ether oxygens (including phenoxy) is 1. The molecular formula is C41H47FN6O11. The summed E-state index contributed by atoms with van der Waals surface area (Å²) in [6.07, 6.45) is 1.67. The van der Waals surface area contributed by atoms with Crippen LogP contribution in [-0.2, 0) is 16.0 Å². The fourth-order valence-electron chi connectivity index (χ4n) is 9.34. The van der Waals surface area contributed by atoms with Gasteiger partial charge in [0.15, 0.2) is 23.0 Å². The molecule has 3 aromatic rings. The number of primary amides is 1. The number of carboxylic acids is 1. The summed E-state index contributed by atoms with van der Waals surface area (Å²) in [6.45, 7) is 5.08. The van der Waals surface area contributed by atoms with E-state index >= 15 is 0 Å². The van der Waals surface area contributed by atoms with Crippen molar-refractivity contribution in [2.75, 3.05) is 77.8 Å². The third kappa shape index (κ3) is 6.27. The number of hydrogen-bond donors (Lipinski definition) is 6. The van der Waals surface area contributed by atoms with Crippen molar-refractivity contribution in [3.05, 3.63) is 79.8 Å². The summed E-state index contributed by atoms with van der Waals surface area (Å²) >= 11 is 0. The van der Waals surface area contributed by atoms with Crippen molar-refractivity contribution in [1.82, 2.24) is 14.4 Å². The molecule has 1 saturated heterocycles. The Morgan fingerprint density at radius 1 is 1.03 bits per heavy atom. The molecule has 59 heavy (non-hydrogen) atoms. The lowest BCUT2D eigenvalue weighted by Gasteiger charge is -2.50. The number of allylic oxidation sites excluding steroid dienone is 1. The van der Waals surface area contributed by atoms with Crippen LogP contribution in [0.4, 0.5) is 15.8 Å². The summed E-state index contributed by atoms with van der Waals surface area (Å²) in [5.41, 5.74) is 2.80. The highest BCUT2D eigenvalue weighted by atomic mass is 19.1. The number of aliphatic hydroxyl groups excluding tert-OH is 2. The molecule has 7 N–H and O–H groups in total. The number of hydrogen-bond acceptors (Lipinski definition) is 14. The average Bonchev–Trinajstić information content (AvgIpc) is 3.15. The van der Waals surface area contributed by atoms with Gasteiger partial charge in [0.25, 0.3) is 5.91 Å². The number of aromatic nitrogens is 1. The Morgan fingerprint density at radius 2 is 1.69 bits per heavy atom. The molecule has 0 bridgehead atoms. The molecule has 0 spiro atoms. The molecule has 1 fully saturated rings. The Morgan fingerprint density at radius 3 is 2.29 bits per heavy atom. The number of likely N-dealkylation sites (N-methyl/N-ethyl adjacent to an activating group) is 2. The maximum atomic E-state index is 15.0. The number of phenols is 1. The molecule has 17 nitrogen and oxygen atoms in total. The van der Waals surface area contributed by atoms with Crippen LogP contribution in [-0.4, -0.2) is 143 Å². The summed E-state index contributed by atoms with van der Waals surface area (Å²) in [5.74, 6) is -8.08. The summed E-state index contributed by atoms with van der Waals surface area (Å²) in [6, 6.07) is 3.06. The van der Waals surface area contributed by atoms with Gasteiger partial charge in [-0.25, -0.2) is 9.18 Å². The maximum absolute atomic E-state index is 15.0. The van der Waals surface area contributed by atoms with Gasteiger partial charge in [-0.2, -0.15) is 0 Å². The Bertz CT molecular complexity index is 2470. The topological polar surface area (TPSA) is 240 Å². The molecule has 0 saturated carbocycles. The number of amides is 1. The van der Waals surface area contributed by atoms with Crippen LogP contribution in [0.3, 0.4) is 0 Å². The van der Waals surface area contributed by atoms with Gasteiger partial charge in [-0.3, -0.25) is 24.1 Å². The van der Waals surface area contributed by atoms with Crippen molar-refractivity contribution in [2.24, 2.45) is 17.6 Å². The third-order valence-corrected chi connectivity index (χ3v) is 12.3. The highest BCUT2D eigenvalue weighted by Crippen LogP contribution is 2.53. The smallest absolute Gasteiger partial charge is 0.341 e. The summed E-state index contributed by atoms with van der Waals surface area (Å²) in [4.78, 5) is 70.1. The van der Waals surface area contributed by atoms with Crippen molar-refractivity contribution in [3.63, 3.8) is 0 Å². The first-order chi connectivity index (χ1) is 27.7. The van der Waals surface area contributed by atoms with Crippen molar-refractivity contribution < 1.29 is 53.8 Å². The largest absolute Gasteiger partial charge is 0.510 e. The molecule has 1 aromatic heterocycles. The molecule has 3 heterocycles. The van der Waals surface area contributed by atoms with E-state index in [-0.39, 0.29) is 53.3 Å². The number of halogens is 1. The normalized spacial score (nSPS) is 25.2. The minimum Gasteiger partial charge on any atom is -0.510 e. The summed E-state index contributed by atoms with van der Waals surface area (Å²) < 4.78 is 22.6. The number of aliphatic hydroxyl groups is 3. The fourth-order valence-corrected chi connectivity index (χ4v) is 9.34. The van der Waals surface area contributed by atoms with Crippen LogP contribution in [0.15, 0.2) is 51.9 Å². The molecule has 314 valence electrons. The quantitative estimate of drug-likeness (QED) is 0.201. The lowest BCUT2D eigenvalue weighted by molar-refractivity contribution is -0.148. The van der Waals surface area contributed by atoms with E-state index in [4.69, 9.17) is 10.5 Å². The van der Waals surface area contributed by atoms with Crippen LogP contribution in [0.5, 0.6) is 11.5 Å². The van der Waals surface area contributed by atoms with Gasteiger partial charge in [0.1, 0.15) is 40.7 Å². The van der Waals surface area contributed by atoms with Crippen molar-refractivity contribution >= 4 is 45.7 Å². The van der Waals surface area contributed by atoms with Crippen molar-refractivity contribution in [2.45, 2.75) is 37.5 Å². The van der Waals surface area contributed by atoms with E-state index in [9.17, 15) is 53.9 Å². The standard InChI is InChI=1S/C23H27N3O7.C18H20FN3O4/c1-25(2)12-5-6-13(27)15-10(12)7-9-8-11-17(26(3)4)19(29)16(22(24)32)21(31)23(11,33)20(30)14(9)18(15)28;1-10-9-26-17-14-11(16(23)12(18(24)25)8-22(10)14)7-13(19)15(17)21-5-3-20(2)4-6-21/h5-6,9,11,17,27,29-30,33H,7-8H2,1-4H3,(H2,24,32);7-8,10H,3-6,9H2,1-2H3,(H,24,25)/t9-,11-,17-,23-;10-/m00/s1. The first kappa shape index (κ1) is 41.2. The zero-order chi connectivity index (χ0) is 43.2. The molecule has 3 aliphatic carbocycles. The second-order valence-electron chi connectivity index (χ2n) is 16.3. The molecule has 0 radical (unpaired) electrons. The second kappa shape index (κ2) is 14.7. The van der Waals surface area contributed by atoms with Gasteiger partial charge in [-0.05, 0) is 70.6 Å². The van der Waals surface area contributed by atoms with E-state index in [1.54, 1.807) is 43.7 Å². The van der Waals surface area contributed by atoms with Gasteiger partial charge >= 0.3 is 5.97 Å². The van der Waals surface area contributed by atoms with E-state index in [0.717, 1.165) is 24.8 Å². The highest BCUT2D eigenvalue weighted by Gasteiger charge is 2.63. The predicted molar refractivity (Wildman–Crippen MR) is 213 cm³/mol. The van der Waals surface area contributed by atoms with Crippen LogP contribution < -0.4 is 25.7 Å². The minimum absolute atomic E-state index is 0.00184. The number of rotatable bonds is 5. The molecule has 5 aliphatic rings. The number of carbonyl (C=O) groups is 4. The van der Waals surface area contributed by atoms with E-state index in [1.807, 2.05) is 18.9 Å². The highest BCUT2D eigenvalue weighted by molar-refractivity contribution is 6.25. The van der Waals surface area contributed by atoms with Crippen LogP contribution in [0, 0.1) is 17.7 Å². The number of piperazine rings is 1. The number of aromatic hydroxyl groups is 1. The number of ketones is 2. The molecule has 2 aliphatic heterocycles. The summed E-state index contributed by atoms with van der Waals surface area (Å²) in [5, 5.41) is 53.3. The lowest BCUT2D eigenvalue weighted by Crippen LogP contribution is -2.63. The number of fused-ring (bicyclic) bond motifs is 3. The number of Topliss-reactive ketones (excluding diaryl/α,β-unsaturated/α-hetero) is 2. The first-order valence-electron chi connectivity index (χ1n) is 19.1. The molecule has 8 rings (SSSR count).